The molecule has 104 valence electrons. The van der Waals surface area contributed by atoms with E-state index < -0.39 is 0 Å². The van der Waals surface area contributed by atoms with Crippen LogP contribution in [-0.4, -0.2) is 26.6 Å². The van der Waals surface area contributed by atoms with Crippen molar-refractivity contribution in [3.63, 3.8) is 0 Å². The van der Waals surface area contributed by atoms with Crippen molar-refractivity contribution in [3.8, 4) is 0 Å². The van der Waals surface area contributed by atoms with E-state index >= 15 is 0 Å². The standard InChI is InChI=1S/C14H21N3OS/c1-2-19-12-6-3-10(9-12)16-13-14(18)17(8-7-15-13)11-4-5-11/h7-8,10-12H,2-6,9H2,1H3,(H,15,16). The van der Waals surface area contributed by atoms with Crippen LogP contribution in [0.3, 0.4) is 0 Å². The van der Waals surface area contributed by atoms with E-state index in [1.165, 1.54) is 12.2 Å². The number of rotatable bonds is 5. The van der Waals surface area contributed by atoms with E-state index in [0.717, 1.165) is 30.9 Å². The summed E-state index contributed by atoms with van der Waals surface area (Å²) in [7, 11) is 0. The first kappa shape index (κ1) is 13.0. The predicted octanol–water partition coefficient (Wildman–Crippen LogP) is 2.66. The van der Waals surface area contributed by atoms with Gasteiger partial charge in [-0.2, -0.15) is 11.8 Å². The quantitative estimate of drug-likeness (QED) is 0.900. The fraction of sp³-hybridized carbons (Fsp3) is 0.714. The number of anilines is 1. The number of nitrogens with zero attached hydrogens (tertiary/aromatic N) is 2. The van der Waals surface area contributed by atoms with Crippen LogP contribution in [0.15, 0.2) is 17.2 Å². The van der Waals surface area contributed by atoms with E-state index in [0.29, 0.717) is 17.9 Å². The summed E-state index contributed by atoms with van der Waals surface area (Å²) < 4.78 is 1.84. The topological polar surface area (TPSA) is 46.9 Å². The van der Waals surface area contributed by atoms with Gasteiger partial charge in [-0.3, -0.25) is 4.79 Å². The van der Waals surface area contributed by atoms with E-state index in [1.807, 2.05) is 22.5 Å². The maximum Gasteiger partial charge on any atom is 0.293 e. The highest BCUT2D eigenvalue weighted by Crippen LogP contribution is 2.34. The van der Waals surface area contributed by atoms with Crippen molar-refractivity contribution in [1.82, 2.24) is 9.55 Å². The summed E-state index contributed by atoms with van der Waals surface area (Å²) in [4.78, 5) is 16.5. The lowest BCUT2D eigenvalue weighted by Gasteiger charge is -2.14. The molecule has 0 amide bonds. The van der Waals surface area contributed by atoms with Crippen LogP contribution in [0.1, 0.15) is 45.1 Å². The third-order valence-electron chi connectivity index (χ3n) is 3.94. The van der Waals surface area contributed by atoms with Gasteiger partial charge in [0.05, 0.1) is 0 Å². The number of aromatic nitrogens is 2. The number of hydrogen-bond acceptors (Lipinski definition) is 4. The molecule has 1 heterocycles. The van der Waals surface area contributed by atoms with Crippen molar-refractivity contribution >= 4 is 17.6 Å². The molecule has 4 nitrogen and oxygen atoms in total. The first-order valence-electron chi connectivity index (χ1n) is 7.23. The van der Waals surface area contributed by atoms with Crippen molar-refractivity contribution in [1.29, 1.82) is 0 Å². The van der Waals surface area contributed by atoms with Gasteiger partial charge in [-0.1, -0.05) is 6.92 Å². The molecule has 2 unspecified atom stereocenters. The average molecular weight is 279 g/mol. The van der Waals surface area contributed by atoms with Crippen LogP contribution in [0.5, 0.6) is 0 Å². The Kier molecular flexibility index (Phi) is 3.82. The van der Waals surface area contributed by atoms with Gasteiger partial charge in [0.15, 0.2) is 5.82 Å². The van der Waals surface area contributed by atoms with Gasteiger partial charge < -0.3 is 9.88 Å². The van der Waals surface area contributed by atoms with Crippen molar-refractivity contribution in [2.24, 2.45) is 0 Å². The highest BCUT2D eigenvalue weighted by Gasteiger charge is 2.28. The molecule has 0 saturated heterocycles. The van der Waals surface area contributed by atoms with E-state index in [9.17, 15) is 4.79 Å². The molecule has 1 aromatic heterocycles. The number of thioether (sulfide) groups is 1. The molecular weight excluding hydrogens is 258 g/mol. The Hall–Kier alpha value is -0.970. The van der Waals surface area contributed by atoms with Crippen LogP contribution in [0.4, 0.5) is 5.82 Å². The minimum Gasteiger partial charge on any atom is -0.363 e. The Bertz CT molecular complexity index is 498. The molecule has 1 aromatic rings. The Morgan fingerprint density at radius 3 is 3.00 bits per heavy atom. The molecular formula is C14H21N3OS. The second-order valence-electron chi connectivity index (χ2n) is 5.45. The largest absolute Gasteiger partial charge is 0.363 e. The first-order valence-corrected chi connectivity index (χ1v) is 8.28. The highest BCUT2D eigenvalue weighted by atomic mass is 32.2. The van der Waals surface area contributed by atoms with Crippen LogP contribution in [0.2, 0.25) is 0 Å². The Balaban J connectivity index is 1.67. The van der Waals surface area contributed by atoms with Crippen LogP contribution in [-0.2, 0) is 0 Å². The first-order chi connectivity index (χ1) is 9.28. The molecule has 5 heteroatoms. The van der Waals surface area contributed by atoms with Crippen LogP contribution >= 0.6 is 11.8 Å². The Morgan fingerprint density at radius 1 is 1.42 bits per heavy atom. The van der Waals surface area contributed by atoms with Gasteiger partial charge in [0.25, 0.3) is 5.56 Å². The van der Waals surface area contributed by atoms with E-state index in [2.05, 4.69) is 17.2 Å². The van der Waals surface area contributed by atoms with Gasteiger partial charge in [-0.05, 0) is 37.9 Å². The lowest BCUT2D eigenvalue weighted by molar-refractivity contribution is 0.688. The van der Waals surface area contributed by atoms with Crippen LogP contribution in [0.25, 0.3) is 0 Å². The Morgan fingerprint density at radius 2 is 2.26 bits per heavy atom. The Labute approximate surface area is 118 Å². The third-order valence-corrected chi connectivity index (χ3v) is 5.17. The molecule has 2 aliphatic rings. The fourth-order valence-electron chi connectivity index (χ4n) is 2.82. The molecule has 2 aliphatic carbocycles. The summed E-state index contributed by atoms with van der Waals surface area (Å²) in [5, 5.41) is 4.11. The normalized spacial score (nSPS) is 26.6. The van der Waals surface area contributed by atoms with Crippen molar-refractivity contribution < 1.29 is 0 Å². The maximum absolute atomic E-state index is 12.3. The zero-order chi connectivity index (χ0) is 13.2. The minimum absolute atomic E-state index is 0.0524. The van der Waals surface area contributed by atoms with Gasteiger partial charge in [-0.25, -0.2) is 4.98 Å². The smallest absolute Gasteiger partial charge is 0.293 e. The van der Waals surface area contributed by atoms with Gasteiger partial charge in [-0.15, -0.1) is 0 Å². The summed E-state index contributed by atoms with van der Waals surface area (Å²) in [5.74, 6) is 1.72. The zero-order valence-electron chi connectivity index (χ0n) is 11.3. The van der Waals surface area contributed by atoms with Crippen LogP contribution < -0.4 is 10.9 Å². The maximum atomic E-state index is 12.3. The molecule has 0 radical (unpaired) electrons. The molecule has 0 spiro atoms. The molecule has 0 bridgehead atoms. The summed E-state index contributed by atoms with van der Waals surface area (Å²) in [5.41, 5.74) is 0.0524. The molecule has 0 aliphatic heterocycles. The van der Waals surface area contributed by atoms with Gasteiger partial charge in [0.1, 0.15) is 0 Å². The average Bonchev–Trinajstić information content (AvgIpc) is 3.15. The summed E-state index contributed by atoms with van der Waals surface area (Å²) in [6.45, 7) is 2.21. The number of hydrogen-bond donors (Lipinski definition) is 1. The lowest BCUT2D eigenvalue weighted by atomic mass is 10.2. The molecule has 0 aromatic carbocycles. The second-order valence-corrected chi connectivity index (χ2v) is 7.03. The summed E-state index contributed by atoms with van der Waals surface area (Å²) in [6, 6.07) is 0.835. The molecule has 2 fully saturated rings. The van der Waals surface area contributed by atoms with E-state index in [1.54, 1.807) is 6.20 Å². The molecule has 2 atom stereocenters. The molecule has 3 rings (SSSR count). The predicted molar refractivity (Wildman–Crippen MR) is 79.9 cm³/mol. The SMILES string of the molecule is CCSC1CCC(Nc2nccn(C3CC3)c2=O)C1. The minimum atomic E-state index is 0.0524. The number of nitrogens with one attached hydrogen (secondary N) is 1. The van der Waals surface area contributed by atoms with Crippen molar-refractivity contribution in [2.75, 3.05) is 11.1 Å². The highest BCUT2D eigenvalue weighted by molar-refractivity contribution is 7.99. The monoisotopic (exact) mass is 279 g/mol. The van der Waals surface area contributed by atoms with Gasteiger partial charge in [0.2, 0.25) is 0 Å². The summed E-state index contributed by atoms with van der Waals surface area (Å²) >= 11 is 2.03. The van der Waals surface area contributed by atoms with Crippen molar-refractivity contribution in [2.45, 2.75) is 56.4 Å². The van der Waals surface area contributed by atoms with E-state index in [4.69, 9.17) is 0 Å². The summed E-state index contributed by atoms with van der Waals surface area (Å²) in [6.07, 6.45) is 9.36. The molecule has 1 N–H and O–H groups in total. The third kappa shape index (κ3) is 2.96. The lowest BCUT2D eigenvalue weighted by Crippen LogP contribution is -2.27. The van der Waals surface area contributed by atoms with E-state index in [-0.39, 0.29) is 5.56 Å². The van der Waals surface area contributed by atoms with Crippen molar-refractivity contribution in [3.05, 3.63) is 22.7 Å². The zero-order valence-corrected chi connectivity index (χ0v) is 12.2. The van der Waals surface area contributed by atoms with Gasteiger partial charge >= 0.3 is 0 Å². The second kappa shape index (κ2) is 5.57. The van der Waals surface area contributed by atoms with Crippen LogP contribution in [0, 0.1) is 0 Å². The fourth-order valence-corrected chi connectivity index (χ4v) is 3.96. The van der Waals surface area contributed by atoms with Gasteiger partial charge in [0, 0.05) is 29.7 Å². The molecule has 19 heavy (non-hydrogen) atoms. The molecule has 2 saturated carbocycles.